The first-order chi connectivity index (χ1) is 12.2. The van der Waals surface area contributed by atoms with Gasteiger partial charge in [0.05, 0.1) is 15.8 Å². The van der Waals surface area contributed by atoms with Gasteiger partial charge in [0.2, 0.25) is 0 Å². The van der Waals surface area contributed by atoms with E-state index < -0.39 is 0 Å². The molecule has 3 aromatic rings. The van der Waals surface area contributed by atoms with Gasteiger partial charge in [0.25, 0.3) is 5.56 Å². The van der Waals surface area contributed by atoms with Crippen LogP contribution in [-0.4, -0.2) is 27.3 Å². The summed E-state index contributed by atoms with van der Waals surface area (Å²) in [5.41, 5.74) is 2.45. The van der Waals surface area contributed by atoms with E-state index in [-0.39, 0.29) is 36.7 Å². The number of fused-ring (bicyclic) bond motifs is 1. The molecule has 26 heavy (non-hydrogen) atoms. The van der Waals surface area contributed by atoms with Crippen LogP contribution >= 0.6 is 24.0 Å². The minimum Gasteiger partial charge on any atom is -0.358 e. The number of aromatic amines is 1. The van der Waals surface area contributed by atoms with E-state index in [1.165, 1.54) is 11.8 Å². The summed E-state index contributed by atoms with van der Waals surface area (Å²) in [6, 6.07) is 19.6. The van der Waals surface area contributed by atoms with Crippen molar-refractivity contribution >= 4 is 39.2 Å². The number of thiocarbonyl (C=S) groups is 1. The summed E-state index contributed by atoms with van der Waals surface area (Å²) < 4.78 is 0.701. The second kappa shape index (κ2) is 9.63. The van der Waals surface area contributed by atoms with E-state index in [4.69, 9.17) is 12.2 Å². The SMILES string of the molecule is CCN(CC)C(=S)Sc1c(-c2ccccc2)c2c#cccc2[nH]c1=O.[U]. The standard InChI is InChI=1S/C20H18N2OS2.U/c1-3-22(4-2)20(24)25-18-17(14-10-6-5-7-11-14)15-12-8-9-13-16(15)21-19(18)23;/h5-7,9-11,13H,3-4H2,1-2H3,(H,21,23);. The maximum atomic E-state index is 12.8. The van der Waals surface area contributed by atoms with Crippen molar-refractivity contribution in [3.05, 3.63) is 65.0 Å². The minimum atomic E-state index is -0.134. The molecule has 0 radical (unpaired) electrons. The summed E-state index contributed by atoms with van der Waals surface area (Å²) in [6.45, 7) is 5.74. The van der Waals surface area contributed by atoms with Crippen molar-refractivity contribution in [2.45, 2.75) is 18.7 Å². The first-order valence-corrected chi connectivity index (χ1v) is 9.38. The fourth-order valence-corrected chi connectivity index (χ4v) is 4.24. The third kappa shape index (κ3) is 4.35. The van der Waals surface area contributed by atoms with Crippen molar-refractivity contribution in [2.24, 2.45) is 0 Å². The number of hydrogen-bond donors (Lipinski definition) is 1. The molecule has 0 aliphatic rings. The molecule has 1 aromatic heterocycles. The molecule has 0 aliphatic heterocycles. The summed E-state index contributed by atoms with van der Waals surface area (Å²) in [5, 5.41) is 0.846. The van der Waals surface area contributed by atoms with Gasteiger partial charge in [-0.3, -0.25) is 4.79 Å². The molecule has 0 fully saturated rings. The maximum Gasteiger partial charge on any atom is 0.263 e. The smallest absolute Gasteiger partial charge is 0.263 e. The van der Waals surface area contributed by atoms with Crippen LogP contribution in [0.4, 0.5) is 0 Å². The van der Waals surface area contributed by atoms with Gasteiger partial charge < -0.3 is 9.88 Å². The normalized spacial score (nSPS) is 10.1. The Morgan fingerprint density at radius 2 is 1.88 bits per heavy atom. The number of rotatable bonds is 4. The number of nitrogens with zero attached hydrogens (tertiary/aromatic N) is 1. The first-order valence-electron chi connectivity index (χ1n) is 8.16. The van der Waals surface area contributed by atoms with Gasteiger partial charge in [-0.2, -0.15) is 0 Å². The Hall–Kier alpha value is -1.24. The average Bonchev–Trinajstić information content (AvgIpc) is 2.64. The van der Waals surface area contributed by atoms with Crippen LogP contribution < -0.4 is 5.56 Å². The fourth-order valence-electron chi connectivity index (χ4n) is 2.71. The van der Waals surface area contributed by atoms with Crippen molar-refractivity contribution in [3.8, 4) is 11.1 Å². The average molecular weight is 605 g/mol. The van der Waals surface area contributed by atoms with Crippen LogP contribution in [0.25, 0.3) is 22.0 Å². The Morgan fingerprint density at radius 1 is 1.19 bits per heavy atom. The molecular weight excluding hydrogens is 586 g/mol. The van der Waals surface area contributed by atoms with Gasteiger partial charge in [0.1, 0.15) is 4.32 Å². The van der Waals surface area contributed by atoms with E-state index in [9.17, 15) is 4.79 Å². The third-order valence-corrected chi connectivity index (χ3v) is 5.54. The largest absolute Gasteiger partial charge is 0.358 e. The van der Waals surface area contributed by atoms with Crippen LogP contribution in [0.3, 0.4) is 0 Å². The third-order valence-electron chi connectivity index (χ3n) is 4.00. The molecule has 3 nitrogen and oxygen atoms in total. The zero-order valence-corrected chi connectivity index (χ0v) is 20.4. The second-order valence-corrected chi connectivity index (χ2v) is 7.10. The number of thioether (sulfide) groups is 1. The zero-order chi connectivity index (χ0) is 17.8. The quantitative estimate of drug-likeness (QED) is 0.352. The molecule has 0 unspecified atom stereocenters. The molecule has 0 aliphatic carbocycles. The Balaban J connectivity index is 0.00000243. The molecule has 130 valence electrons. The Bertz CT molecular complexity index is 953. The minimum absolute atomic E-state index is 0. The zero-order valence-electron chi connectivity index (χ0n) is 14.6. The van der Waals surface area contributed by atoms with Crippen LogP contribution in [0.1, 0.15) is 13.8 Å². The molecule has 3 rings (SSSR count). The molecule has 0 atom stereocenters. The molecule has 1 heterocycles. The maximum absolute atomic E-state index is 12.8. The monoisotopic (exact) mass is 604 g/mol. The van der Waals surface area contributed by atoms with Gasteiger partial charge in [0, 0.05) is 49.8 Å². The number of benzene rings is 1. The van der Waals surface area contributed by atoms with E-state index in [0.717, 1.165) is 35.1 Å². The van der Waals surface area contributed by atoms with E-state index in [2.05, 4.69) is 35.9 Å². The van der Waals surface area contributed by atoms with Gasteiger partial charge in [0.15, 0.2) is 0 Å². The van der Waals surface area contributed by atoms with Crippen LogP contribution in [0.15, 0.2) is 52.2 Å². The Labute approximate surface area is 186 Å². The predicted octanol–water partition coefficient (Wildman–Crippen LogP) is 4.51. The van der Waals surface area contributed by atoms with Crippen molar-refractivity contribution in [2.75, 3.05) is 13.1 Å². The number of H-pyrrole nitrogens is 1. The molecule has 2 aromatic carbocycles. The van der Waals surface area contributed by atoms with Gasteiger partial charge in [-0.05, 0) is 31.5 Å². The molecule has 0 saturated carbocycles. The number of pyridine rings is 1. The number of aromatic nitrogens is 1. The van der Waals surface area contributed by atoms with E-state index >= 15 is 0 Å². The van der Waals surface area contributed by atoms with Crippen LogP contribution in [0, 0.1) is 43.2 Å². The number of hydrogen-bond acceptors (Lipinski definition) is 3. The van der Waals surface area contributed by atoms with E-state index in [1.54, 1.807) is 6.07 Å². The van der Waals surface area contributed by atoms with Gasteiger partial charge in [-0.15, -0.1) is 0 Å². The van der Waals surface area contributed by atoms with Crippen LogP contribution in [0.2, 0.25) is 0 Å². The van der Waals surface area contributed by atoms with Crippen molar-refractivity contribution < 1.29 is 31.1 Å². The molecule has 0 saturated heterocycles. The van der Waals surface area contributed by atoms with Crippen molar-refractivity contribution in [3.63, 3.8) is 0 Å². The summed E-state index contributed by atoms with van der Waals surface area (Å²) >= 11 is 6.91. The summed E-state index contributed by atoms with van der Waals surface area (Å²) in [7, 11) is 0. The Morgan fingerprint density at radius 3 is 2.54 bits per heavy atom. The van der Waals surface area contributed by atoms with Crippen molar-refractivity contribution in [1.82, 2.24) is 9.88 Å². The molecule has 0 amide bonds. The molecule has 6 heteroatoms. The second-order valence-electron chi connectivity index (χ2n) is 5.46. The van der Waals surface area contributed by atoms with Gasteiger partial charge >= 0.3 is 0 Å². The molecule has 0 bridgehead atoms. The Kier molecular flexibility index (Phi) is 7.80. The first kappa shape index (κ1) is 21.1. The fraction of sp³-hybridized carbons (Fsp3) is 0.200. The van der Waals surface area contributed by atoms with Gasteiger partial charge in [-0.25, -0.2) is 0 Å². The van der Waals surface area contributed by atoms with Crippen LogP contribution in [-0.2, 0) is 0 Å². The van der Waals surface area contributed by atoms with E-state index in [0.29, 0.717) is 9.22 Å². The summed E-state index contributed by atoms with van der Waals surface area (Å²) in [4.78, 5) is 18.4. The molecule has 0 spiro atoms. The number of nitrogens with one attached hydrogen (secondary N) is 1. The summed E-state index contributed by atoms with van der Waals surface area (Å²) in [5.74, 6) is 0. The van der Waals surface area contributed by atoms with Crippen molar-refractivity contribution in [1.29, 1.82) is 0 Å². The summed E-state index contributed by atoms with van der Waals surface area (Å²) in [6.07, 6.45) is 0. The van der Waals surface area contributed by atoms with E-state index in [1.807, 2.05) is 36.4 Å². The van der Waals surface area contributed by atoms with Crippen LogP contribution in [0.5, 0.6) is 0 Å². The molecule has 1 N–H and O–H groups in total. The molecular formula is C20H18N2OS2U. The predicted molar refractivity (Wildman–Crippen MR) is 109 cm³/mol. The topological polar surface area (TPSA) is 36.1 Å². The van der Waals surface area contributed by atoms with Gasteiger partial charge in [-0.1, -0.05) is 66.4 Å².